The number of pyridine rings is 1. The first kappa shape index (κ1) is 18.9. The summed E-state index contributed by atoms with van der Waals surface area (Å²) < 4.78 is 0.910. The summed E-state index contributed by atoms with van der Waals surface area (Å²) >= 11 is 5.21. The fourth-order valence-corrected chi connectivity index (χ4v) is 5.59. The van der Waals surface area contributed by atoms with Gasteiger partial charge in [-0.3, -0.25) is 4.79 Å². The molecule has 0 saturated heterocycles. The number of aromatic amines is 1. The average Bonchev–Trinajstić information content (AvgIpc) is 3.33. The minimum absolute atomic E-state index is 0.138. The van der Waals surface area contributed by atoms with E-state index in [0.29, 0.717) is 6.42 Å². The number of amides is 1. The Morgan fingerprint density at radius 3 is 2.71 bits per heavy atom. The van der Waals surface area contributed by atoms with Gasteiger partial charge < -0.3 is 16.5 Å². The predicted molar refractivity (Wildman–Crippen MR) is 117 cm³/mol. The lowest BCUT2D eigenvalue weighted by molar-refractivity contribution is -0.123. The van der Waals surface area contributed by atoms with Gasteiger partial charge in [0.05, 0.1) is 5.41 Å². The van der Waals surface area contributed by atoms with Crippen molar-refractivity contribution in [3.63, 3.8) is 0 Å². The van der Waals surface area contributed by atoms with Crippen LogP contribution in [0.15, 0.2) is 65.4 Å². The molecule has 0 aliphatic heterocycles. The first-order valence-corrected chi connectivity index (χ1v) is 10.4. The summed E-state index contributed by atoms with van der Waals surface area (Å²) in [4.78, 5) is 22.0. The molecular formula is C21H19BrN4OS. The van der Waals surface area contributed by atoms with Crippen LogP contribution in [-0.4, -0.2) is 22.4 Å². The number of carbonyl (C=O) groups excluding carboxylic acids is 1. The van der Waals surface area contributed by atoms with E-state index in [1.54, 1.807) is 17.5 Å². The Balaban J connectivity index is 1.84. The summed E-state index contributed by atoms with van der Waals surface area (Å²) in [5, 5.41) is 1.03. The molecule has 1 unspecified atom stereocenters. The second kappa shape index (κ2) is 7.50. The van der Waals surface area contributed by atoms with Crippen molar-refractivity contribution in [2.24, 2.45) is 11.5 Å². The molecule has 3 heterocycles. The van der Waals surface area contributed by atoms with E-state index in [1.807, 2.05) is 54.7 Å². The van der Waals surface area contributed by atoms with Crippen LogP contribution in [0.1, 0.15) is 10.4 Å². The highest BCUT2D eigenvalue weighted by molar-refractivity contribution is 9.10. The molecule has 0 saturated carbocycles. The SMILES string of the molecule is NCC(Cc1ccccc1)(C(N)=O)c1cc(Br)c(-c2ccnc3[nH]ccc23)s1. The minimum atomic E-state index is -0.961. The number of fused-ring (bicyclic) bond motifs is 1. The molecule has 7 heteroatoms. The maximum Gasteiger partial charge on any atom is 0.230 e. The number of aromatic nitrogens is 2. The summed E-state index contributed by atoms with van der Waals surface area (Å²) in [6.07, 6.45) is 4.10. The summed E-state index contributed by atoms with van der Waals surface area (Å²) in [5.74, 6) is -0.416. The van der Waals surface area contributed by atoms with Crippen LogP contribution in [-0.2, 0) is 16.6 Å². The highest BCUT2D eigenvalue weighted by Gasteiger charge is 2.39. The third kappa shape index (κ3) is 3.15. The van der Waals surface area contributed by atoms with Gasteiger partial charge in [0, 0.05) is 44.1 Å². The maximum absolute atomic E-state index is 12.6. The molecule has 0 fully saturated rings. The highest BCUT2D eigenvalue weighted by atomic mass is 79.9. The van der Waals surface area contributed by atoms with Crippen molar-refractivity contribution < 1.29 is 4.79 Å². The Morgan fingerprint density at radius 1 is 1.21 bits per heavy atom. The normalized spacial score (nSPS) is 13.5. The number of nitrogens with one attached hydrogen (secondary N) is 1. The number of nitrogens with zero attached hydrogens (tertiary/aromatic N) is 1. The number of benzene rings is 1. The zero-order valence-electron chi connectivity index (χ0n) is 15.0. The molecule has 3 aromatic heterocycles. The van der Waals surface area contributed by atoms with Gasteiger partial charge in [0.15, 0.2) is 0 Å². The summed E-state index contributed by atoms with van der Waals surface area (Å²) in [7, 11) is 0. The van der Waals surface area contributed by atoms with Crippen LogP contribution in [0.25, 0.3) is 21.5 Å². The number of halogens is 1. The van der Waals surface area contributed by atoms with Crippen LogP contribution >= 0.6 is 27.3 Å². The summed E-state index contributed by atoms with van der Waals surface area (Å²) in [6.45, 7) is 0.138. The molecule has 0 spiro atoms. The van der Waals surface area contributed by atoms with Gasteiger partial charge in [-0.15, -0.1) is 11.3 Å². The lowest BCUT2D eigenvalue weighted by Crippen LogP contribution is -2.48. The second-order valence-electron chi connectivity index (χ2n) is 6.70. The monoisotopic (exact) mass is 454 g/mol. The van der Waals surface area contributed by atoms with Crippen LogP contribution in [0, 0.1) is 0 Å². The zero-order valence-corrected chi connectivity index (χ0v) is 17.4. The van der Waals surface area contributed by atoms with E-state index in [4.69, 9.17) is 11.5 Å². The number of carbonyl (C=O) groups is 1. The maximum atomic E-state index is 12.6. The smallest absolute Gasteiger partial charge is 0.230 e. The molecule has 28 heavy (non-hydrogen) atoms. The largest absolute Gasteiger partial charge is 0.369 e. The molecule has 142 valence electrons. The number of thiophene rings is 1. The van der Waals surface area contributed by atoms with Crippen LogP contribution in [0.4, 0.5) is 0 Å². The van der Waals surface area contributed by atoms with E-state index in [0.717, 1.165) is 36.4 Å². The van der Waals surface area contributed by atoms with Crippen LogP contribution in [0.3, 0.4) is 0 Å². The van der Waals surface area contributed by atoms with Crippen molar-refractivity contribution in [3.05, 3.63) is 75.8 Å². The number of rotatable bonds is 6. The molecule has 5 nitrogen and oxygen atoms in total. The third-order valence-corrected chi connectivity index (χ3v) is 7.29. The van der Waals surface area contributed by atoms with Crippen LogP contribution in [0.2, 0.25) is 0 Å². The molecule has 4 rings (SSSR count). The van der Waals surface area contributed by atoms with Gasteiger partial charge in [-0.25, -0.2) is 4.98 Å². The molecule has 1 aromatic carbocycles. The standard InChI is InChI=1S/C21H19BrN4OS/c22-16-10-17(21(12-23,20(24)27)11-13-4-2-1-3-5-13)28-18(16)14-6-8-25-19-15(14)7-9-26-19/h1-10H,11-12,23H2,(H2,24,27)(H,25,26). The molecule has 5 N–H and O–H groups in total. The lowest BCUT2D eigenvalue weighted by atomic mass is 9.79. The molecule has 4 aromatic rings. The number of H-pyrrole nitrogens is 1. The van der Waals surface area contributed by atoms with Crippen molar-refractivity contribution in [1.82, 2.24) is 9.97 Å². The minimum Gasteiger partial charge on any atom is -0.369 e. The Morgan fingerprint density at radius 2 is 2.00 bits per heavy atom. The Bertz CT molecular complexity index is 1140. The molecule has 0 aliphatic rings. The Hall–Kier alpha value is -2.48. The molecule has 0 aliphatic carbocycles. The first-order valence-electron chi connectivity index (χ1n) is 8.81. The van der Waals surface area contributed by atoms with Crippen molar-refractivity contribution in [2.75, 3.05) is 6.54 Å². The molecule has 0 bridgehead atoms. The topological polar surface area (TPSA) is 97.8 Å². The molecule has 1 amide bonds. The number of hydrogen-bond acceptors (Lipinski definition) is 4. The summed E-state index contributed by atoms with van der Waals surface area (Å²) in [6, 6.07) is 15.8. The molecule has 1 atom stereocenters. The average molecular weight is 455 g/mol. The van der Waals surface area contributed by atoms with Crippen molar-refractivity contribution in [3.8, 4) is 10.4 Å². The quantitative estimate of drug-likeness (QED) is 0.410. The van der Waals surface area contributed by atoms with Crippen LogP contribution in [0.5, 0.6) is 0 Å². The second-order valence-corrected chi connectivity index (χ2v) is 8.61. The van der Waals surface area contributed by atoms with Crippen molar-refractivity contribution in [1.29, 1.82) is 0 Å². The van der Waals surface area contributed by atoms with Gasteiger partial charge >= 0.3 is 0 Å². The number of primary amides is 1. The van der Waals surface area contributed by atoms with Gasteiger partial charge in [0.25, 0.3) is 0 Å². The van der Waals surface area contributed by atoms with E-state index in [-0.39, 0.29) is 6.54 Å². The zero-order chi connectivity index (χ0) is 19.7. The van der Waals surface area contributed by atoms with Gasteiger partial charge in [0.2, 0.25) is 5.91 Å². The van der Waals surface area contributed by atoms with Gasteiger partial charge in [-0.2, -0.15) is 0 Å². The van der Waals surface area contributed by atoms with Crippen LogP contribution < -0.4 is 11.5 Å². The van der Waals surface area contributed by atoms with Crippen molar-refractivity contribution in [2.45, 2.75) is 11.8 Å². The van der Waals surface area contributed by atoms with E-state index < -0.39 is 11.3 Å². The first-order chi connectivity index (χ1) is 13.5. The van der Waals surface area contributed by atoms with E-state index in [1.165, 1.54) is 0 Å². The fraction of sp³-hybridized carbons (Fsp3) is 0.143. The van der Waals surface area contributed by atoms with Gasteiger partial charge in [-0.1, -0.05) is 30.3 Å². The Labute approximate surface area is 174 Å². The molecule has 0 radical (unpaired) electrons. The third-order valence-electron chi connectivity index (χ3n) is 5.03. The lowest BCUT2D eigenvalue weighted by Gasteiger charge is -2.28. The van der Waals surface area contributed by atoms with Crippen molar-refractivity contribution >= 4 is 44.2 Å². The Kier molecular flexibility index (Phi) is 5.05. The predicted octanol–water partition coefficient (Wildman–Crippen LogP) is 3.98. The molecular weight excluding hydrogens is 436 g/mol. The van der Waals surface area contributed by atoms with E-state index in [2.05, 4.69) is 25.9 Å². The highest BCUT2D eigenvalue weighted by Crippen LogP contribution is 2.44. The van der Waals surface area contributed by atoms with Gasteiger partial charge in [-0.05, 0) is 46.1 Å². The van der Waals surface area contributed by atoms with E-state index >= 15 is 0 Å². The number of hydrogen-bond donors (Lipinski definition) is 3. The van der Waals surface area contributed by atoms with E-state index in [9.17, 15) is 4.79 Å². The fourth-order valence-electron chi connectivity index (χ4n) is 3.46. The summed E-state index contributed by atoms with van der Waals surface area (Å²) in [5.41, 5.74) is 14.0. The number of nitrogens with two attached hydrogens (primary N) is 2. The van der Waals surface area contributed by atoms with Gasteiger partial charge in [0.1, 0.15) is 5.65 Å².